The van der Waals surface area contributed by atoms with Crippen LogP contribution in [0.1, 0.15) is 20.8 Å². The number of carbonyl (C=O) groups is 2. The Morgan fingerprint density at radius 2 is 1.80 bits per heavy atom. The number of rotatable bonds is 5. The Labute approximate surface area is 88.7 Å². The summed E-state index contributed by atoms with van der Waals surface area (Å²) >= 11 is 0. The van der Waals surface area contributed by atoms with E-state index in [1.807, 2.05) is 20.8 Å². The molecule has 15 heavy (non-hydrogen) atoms. The van der Waals surface area contributed by atoms with E-state index in [0.29, 0.717) is 5.92 Å². The number of amides is 2. The predicted octanol–water partition coefficient (Wildman–Crippen LogP) is -0.224. The van der Waals surface area contributed by atoms with Crippen LogP contribution in [0.15, 0.2) is 0 Å². The van der Waals surface area contributed by atoms with E-state index in [0.717, 1.165) is 0 Å². The molecule has 88 valence electrons. The molecule has 4 N–H and O–H groups in total. The Morgan fingerprint density at radius 1 is 1.27 bits per heavy atom. The summed E-state index contributed by atoms with van der Waals surface area (Å²) in [6, 6.07) is -0.483. The molecule has 0 aliphatic carbocycles. The number of urea groups is 1. The molecule has 0 fully saturated rings. The van der Waals surface area contributed by atoms with E-state index in [1.165, 1.54) is 0 Å². The quantitative estimate of drug-likeness (QED) is 0.512. The van der Waals surface area contributed by atoms with Crippen molar-refractivity contribution in [2.45, 2.75) is 32.9 Å². The minimum Gasteiger partial charge on any atom is -0.479 e. The van der Waals surface area contributed by atoms with E-state index in [9.17, 15) is 9.59 Å². The zero-order valence-corrected chi connectivity index (χ0v) is 9.15. The van der Waals surface area contributed by atoms with Crippen LogP contribution in [-0.4, -0.2) is 40.9 Å². The first kappa shape index (κ1) is 13.7. The molecule has 2 unspecified atom stereocenters. The first-order valence-corrected chi connectivity index (χ1v) is 4.79. The van der Waals surface area contributed by atoms with Gasteiger partial charge >= 0.3 is 12.0 Å². The molecule has 0 aliphatic heterocycles. The minimum atomic E-state index is -1.56. The molecule has 0 saturated carbocycles. The normalized spacial score (nSPS) is 14.5. The molecule has 0 bridgehead atoms. The van der Waals surface area contributed by atoms with Crippen molar-refractivity contribution < 1.29 is 19.8 Å². The standard InChI is InChI=1S/C9H18N2O4/c1-5(2)6(3)11-9(15)10-4-7(12)8(13)14/h5-7,12H,4H2,1-3H3,(H,13,14)(H2,10,11,15). The highest BCUT2D eigenvalue weighted by atomic mass is 16.4. The van der Waals surface area contributed by atoms with Gasteiger partial charge in [-0.15, -0.1) is 0 Å². The molecule has 0 radical (unpaired) electrons. The maximum absolute atomic E-state index is 11.2. The third-order valence-corrected chi connectivity index (χ3v) is 2.10. The molecule has 0 aromatic heterocycles. The molecule has 0 saturated heterocycles. The summed E-state index contributed by atoms with van der Waals surface area (Å²) in [6.45, 7) is 5.46. The highest BCUT2D eigenvalue weighted by molar-refractivity contribution is 5.76. The van der Waals surface area contributed by atoms with Crippen molar-refractivity contribution in [2.75, 3.05) is 6.54 Å². The van der Waals surface area contributed by atoms with Gasteiger partial charge in [0.25, 0.3) is 0 Å². The van der Waals surface area contributed by atoms with Gasteiger partial charge < -0.3 is 20.8 Å². The van der Waals surface area contributed by atoms with Crippen LogP contribution in [0.25, 0.3) is 0 Å². The smallest absolute Gasteiger partial charge is 0.334 e. The van der Waals surface area contributed by atoms with Gasteiger partial charge in [0.1, 0.15) is 0 Å². The molecule has 0 spiro atoms. The number of nitrogens with one attached hydrogen (secondary N) is 2. The van der Waals surface area contributed by atoms with Crippen molar-refractivity contribution in [2.24, 2.45) is 5.92 Å². The van der Waals surface area contributed by atoms with Crippen LogP contribution < -0.4 is 10.6 Å². The molecular weight excluding hydrogens is 200 g/mol. The number of carboxylic acids is 1. The predicted molar refractivity (Wildman–Crippen MR) is 54.5 cm³/mol. The van der Waals surface area contributed by atoms with E-state index in [2.05, 4.69) is 10.6 Å². The molecule has 0 aromatic carbocycles. The summed E-state index contributed by atoms with van der Waals surface area (Å²) in [4.78, 5) is 21.4. The number of aliphatic hydroxyl groups excluding tert-OH is 1. The second-order valence-corrected chi connectivity index (χ2v) is 3.74. The van der Waals surface area contributed by atoms with Gasteiger partial charge in [-0.2, -0.15) is 0 Å². The zero-order valence-electron chi connectivity index (χ0n) is 9.15. The lowest BCUT2D eigenvalue weighted by molar-refractivity contribution is -0.146. The molecule has 0 aromatic rings. The molecule has 2 amide bonds. The summed E-state index contributed by atoms with van der Waals surface area (Å²) in [5, 5.41) is 22.1. The van der Waals surface area contributed by atoms with Crippen LogP contribution in [0.2, 0.25) is 0 Å². The minimum absolute atomic E-state index is 0.00743. The van der Waals surface area contributed by atoms with Gasteiger partial charge in [0.2, 0.25) is 0 Å². The first-order chi connectivity index (χ1) is 6.84. The van der Waals surface area contributed by atoms with Crippen molar-refractivity contribution >= 4 is 12.0 Å². The second-order valence-electron chi connectivity index (χ2n) is 3.74. The molecule has 2 atom stereocenters. The van der Waals surface area contributed by atoms with Gasteiger partial charge in [-0.1, -0.05) is 13.8 Å². The topological polar surface area (TPSA) is 98.7 Å². The van der Waals surface area contributed by atoms with E-state index in [1.54, 1.807) is 0 Å². The van der Waals surface area contributed by atoms with Gasteiger partial charge in [0.05, 0.1) is 6.54 Å². The van der Waals surface area contributed by atoms with Crippen LogP contribution in [0.3, 0.4) is 0 Å². The fourth-order valence-corrected chi connectivity index (χ4v) is 0.701. The lowest BCUT2D eigenvalue weighted by Crippen LogP contribution is -2.46. The van der Waals surface area contributed by atoms with E-state index >= 15 is 0 Å². The van der Waals surface area contributed by atoms with Crippen LogP contribution in [0, 0.1) is 5.92 Å². The Balaban J connectivity index is 3.80. The first-order valence-electron chi connectivity index (χ1n) is 4.79. The van der Waals surface area contributed by atoms with Crippen molar-refractivity contribution in [1.29, 1.82) is 0 Å². The summed E-state index contributed by atoms with van der Waals surface area (Å²) < 4.78 is 0. The van der Waals surface area contributed by atoms with Gasteiger partial charge in [-0.05, 0) is 12.8 Å². The van der Waals surface area contributed by atoms with Crippen molar-refractivity contribution in [3.05, 3.63) is 0 Å². The van der Waals surface area contributed by atoms with Gasteiger partial charge in [0.15, 0.2) is 6.10 Å². The largest absolute Gasteiger partial charge is 0.479 e. The third-order valence-electron chi connectivity index (χ3n) is 2.10. The number of carboxylic acid groups (broad SMARTS) is 1. The fraction of sp³-hybridized carbons (Fsp3) is 0.778. The molecule has 6 nitrogen and oxygen atoms in total. The summed E-state index contributed by atoms with van der Waals surface area (Å²) in [6.07, 6.45) is -1.56. The monoisotopic (exact) mass is 218 g/mol. The lowest BCUT2D eigenvalue weighted by atomic mass is 10.1. The Kier molecular flexibility index (Phi) is 5.69. The van der Waals surface area contributed by atoms with Gasteiger partial charge in [-0.25, -0.2) is 9.59 Å². The summed E-state index contributed by atoms with van der Waals surface area (Å²) in [7, 11) is 0. The molecule has 0 rings (SSSR count). The zero-order chi connectivity index (χ0) is 12.0. The van der Waals surface area contributed by atoms with Crippen LogP contribution >= 0.6 is 0 Å². The van der Waals surface area contributed by atoms with Crippen molar-refractivity contribution in [3.63, 3.8) is 0 Å². The summed E-state index contributed by atoms with van der Waals surface area (Å²) in [5.41, 5.74) is 0. The maximum Gasteiger partial charge on any atom is 0.334 e. The van der Waals surface area contributed by atoms with E-state index in [-0.39, 0.29) is 12.6 Å². The molecular formula is C9H18N2O4. The molecule has 0 heterocycles. The average molecular weight is 218 g/mol. The van der Waals surface area contributed by atoms with Crippen LogP contribution in [-0.2, 0) is 4.79 Å². The molecule has 6 heteroatoms. The maximum atomic E-state index is 11.2. The number of aliphatic carboxylic acids is 1. The van der Waals surface area contributed by atoms with Crippen molar-refractivity contribution in [1.82, 2.24) is 10.6 Å². The Bertz CT molecular complexity index is 230. The lowest BCUT2D eigenvalue weighted by Gasteiger charge is -2.18. The highest BCUT2D eigenvalue weighted by Crippen LogP contribution is 1.98. The number of hydrogen-bond donors (Lipinski definition) is 4. The van der Waals surface area contributed by atoms with Gasteiger partial charge in [0, 0.05) is 6.04 Å². The third kappa shape index (κ3) is 5.90. The number of hydrogen-bond acceptors (Lipinski definition) is 3. The number of carbonyl (C=O) groups excluding carboxylic acids is 1. The van der Waals surface area contributed by atoms with Gasteiger partial charge in [-0.3, -0.25) is 0 Å². The highest BCUT2D eigenvalue weighted by Gasteiger charge is 2.15. The van der Waals surface area contributed by atoms with Crippen LogP contribution in [0.5, 0.6) is 0 Å². The van der Waals surface area contributed by atoms with Crippen LogP contribution in [0.4, 0.5) is 4.79 Å². The van der Waals surface area contributed by atoms with Crippen molar-refractivity contribution in [3.8, 4) is 0 Å². The summed E-state index contributed by atoms with van der Waals surface area (Å²) in [5.74, 6) is -1.06. The number of aliphatic hydroxyl groups is 1. The second kappa shape index (κ2) is 6.23. The Morgan fingerprint density at radius 3 is 2.20 bits per heavy atom. The van der Waals surface area contributed by atoms with E-state index in [4.69, 9.17) is 10.2 Å². The average Bonchev–Trinajstić information content (AvgIpc) is 2.13. The van der Waals surface area contributed by atoms with E-state index < -0.39 is 18.1 Å². The fourth-order valence-electron chi connectivity index (χ4n) is 0.701. The Hall–Kier alpha value is -1.30. The SMILES string of the molecule is CC(C)C(C)NC(=O)NCC(O)C(=O)O. The molecule has 0 aliphatic rings.